The minimum Gasteiger partial charge on any atom is -0.388 e. The molecule has 8 nitrogen and oxygen atoms in total. The molecule has 0 bridgehead atoms. The van der Waals surface area contributed by atoms with Gasteiger partial charge in [0.2, 0.25) is 10.6 Å². The molecule has 47 heavy (non-hydrogen) atoms. The van der Waals surface area contributed by atoms with E-state index >= 15 is 0 Å². The van der Waals surface area contributed by atoms with E-state index in [-0.39, 0.29) is 22.2 Å². The molecule has 0 unspecified atom stereocenters. The van der Waals surface area contributed by atoms with Crippen LogP contribution in [-0.4, -0.2) is 52.9 Å². The van der Waals surface area contributed by atoms with Crippen LogP contribution in [0, 0.1) is 11.6 Å². The van der Waals surface area contributed by atoms with Crippen molar-refractivity contribution in [2.75, 3.05) is 16.8 Å². The van der Waals surface area contributed by atoms with Crippen LogP contribution in [0.2, 0.25) is 15.7 Å². The maximum atomic E-state index is 13.2. The molecule has 0 fully saturated rings. The molecule has 5 N–H and O–H groups in total. The third kappa shape index (κ3) is 10.4. The minimum absolute atomic E-state index is 0.183. The smallest absolute Gasteiger partial charge is 0.224 e. The van der Waals surface area contributed by atoms with E-state index in [4.69, 9.17) is 40.5 Å². The van der Waals surface area contributed by atoms with Gasteiger partial charge in [-0.15, -0.1) is 23.5 Å². The first-order valence-electron chi connectivity index (χ1n) is 14.5. The van der Waals surface area contributed by atoms with Gasteiger partial charge in [-0.3, -0.25) is 0 Å². The molecule has 0 saturated heterocycles. The number of hydrogen-bond acceptors (Lipinski definition) is 10. The average molecular weight is 744 g/mol. The van der Waals surface area contributed by atoms with Gasteiger partial charge in [0, 0.05) is 24.3 Å². The summed E-state index contributed by atoms with van der Waals surface area (Å²) in [7, 11) is 0. The largest absolute Gasteiger partial charge is 0.388 e. The number of halogens is 5. The molecule has 252 valence electrons. The molecule has 2 atom stereocenters. The molecule has 2 aliphatic heterocycles. The van der Waals surface area contributed by atoms with Crippen molar-refractivity contribution in [2.24, 2.45) is 5.73 Å². The van der Waals surface area contributed by atoms with Crippen molar-refractivity contribution in [2.45, 2.75) is 73.6 Å². The second kappa shape index (κ2) is 15.9. The summed E-state index contributed by atoms with van der Waals surface area (Å²) >= 11 is 20.8. The van der Waals surface area contributed by atoms with Gasteiger partial charge in [-0.25, -0.2) is 23.7 Å². The fraction of sp³-hybridized carbons (Fsp3) is 0.375. The topological polar surface area (TPSA) is 130 Å². The average Bonchev–Trinajstić information content (AvgIpc) is 3.66. The van der Waals surface area contributed by atoms with Crippen LogP contribution in [0.4, 0.5) is 14.6 Å². The molecule has 15 heteroatoms. The van der Waals surface area contributed by atoms with E-state index in [0.29, 0.717) is 11.0 Å². The number of aromatic nitrogens is 4. The fourth-order valence-electron chi connectivity index (χ4n) is 4.67. The zero-order valence-corrected chi connectivity index (χ0v) is 30.0. The zero-order valence-electron chi connectivity index (χ0n) is 26.1. The van der Waals surface area contributed by atoms with Crippen molar-refractivity contribution >= 4 is 64.1 Å². The van der Waals surface area contributed by atoms with Crippen LogP contribution in [0.15, 0.2) is 58.3 Å². The Kier molecular flexibility index (Phi) is 12.7. The highest BCUT2D eigenvalue weighted by Crippen LogP contribution is 2.39. The van der Waals surface area contributed by atoms with E-state index in [1.807, 2.05) is 0 Å². The van der Waals surface area contributed by atoms with E-state index in [1.54, 1.807) is 75.5 Å². The lowest BCUT2D eigenvalue weighted by Gasteiger charge is -2.31. The second-order valence-electron chi connectivity index (χ2n) is 11.8. The molecule has 2 aromatic heterocycles. The molecule has 0 amide bonds. The number of nitrogens with zero attached hydrogens (tertiary/aromatic N) is 4. The van der Waals surface area contributed by atoms with Crippen LogP contribution >= 0.6 is 58.3 Å². The van der Waals surface area contributed by atoms with Crippen molar-refractivity contribution in [3.05, 3.63) is 98.4 Å². The van der Waals surface area contributed by atoms with Gasteiger partial charge in [0.1, 0.15) is 22.6 Å². The predicted molar refractivity (Wildman–Crippen MR) is 187 cm³/mol. The summed E-state index contributed by atoms with van der Waals surface area (Å²) in [6, 6.07) is 10.9. The highest BCUT2D eigenvalue weighted by atomic mass is 35.5. The molecule has 0 radical (unpaired) electrons. The van der Waals surface area contributed by atoms with Crippen molar-refractivity contribution in [3.63, 3.8) is 0 Å². The summed E-state index contributed by atoms with van der Waals surface area (Å²) < 4.78 is 25.7. The molecule has 2 aliphatic rings. The molecule has 0 spiro atoms. The van der Waals surface area contributed by atoms with Gasteiger partial charge >= 0.3 is 0 Å². The molecule has 4 aromatic rings. The third-order valence-corrected chi connectivity index (χ3v) is 10.1. The Bertz CT molecular complexity index is 1670. The highest BCUT2D eigenvalue weighted by Gasteiger charge is 2.31. The van der Waals surface area contributed by atoms with Gasteiger partial charge in [0.05, 0.1) is 44.5 Å². The number of aliphatic hydroxyl groups is 2. The van der Waals surface area contributed by atoms with Crippen LogP contribution in [-0.2, 0) is 12.8 Å². The molecular weight excluding hydrogens is 709 g/mol. The third-order valence-electron chi connectivity index (χ3n) is 7.13. The van der Waals surface area contributed by atoms with Crippen molar-refractivity contribution in [1.29, 1.82) is 0 Å². The SMILES string of the molecule is CC(C)(O)[C@H](N)c1ccc(F)cc1.CC(C)(O)[C@H](Nc1nc(Cl)nc2c1SCC2)c1ccc(F)cc1.Clc1nc(Cl)c2c(n1)CCS2. The lowest BCUT2D eigenvalue weighted by atomic mass is 9.92. The van der Waals surface area contributed by atoms with E-state index < -0.39 is 23.3 Å². The first kappa shape index (κ1) is 37.5. The van der Waals surface area contributed by atoms with E-state index in [9.17, 15) is 19.0 Å². The molecular formula is C32H35Cl3F2N6O2S2. The van der Waals surface area contributed by atoms with Crippen LogP contribution in [0.3, 0.4) is 0 Å². The van der Waals surface area contributed by atoms with Crippen molar-refractivity contribution in [3.8, 4) is 0 Å². The van der Waals surface area contributed by atoms with E-state index in [2.05, 4.69) is 25.3 Å². The molecule has 0 aliphatic carbocycles. The number of fused-ring (bicyclic) bond motifs is 2. The number of nitrogens with two attached hydrogens (primary N) is 1. The monoisotopic (exact) mass is 742 g/mol. The number of thioether (sulfide) groups is 2. The predicted octanol–water partition coefficient (Wildman–Crippen LogP) is 7.87. The number of benzene rings is 2. The second-order valence-corrected chi connectivity index (χ2v) is 15.1. The van der Waals surface area contributed by atoms with Crippen molar-refractivity contribution < 1.29 is 19.0 Å². The summed E-state index contributed by atoms with van der Waals surface area (Å²) in [6.45, 7) is 6.65. The number of hydrogen-bond donors (Lipinski definition) is 4. The summed E-state index contributed by atoms with van der Waals surface area (Å²) in [5.74, 6) is 1.96. The quantitative estimate of drug-likeness (QED) is 0.114. The Hall–Kier alpha value is -2.29. The Morgan fingerprint density at radius 2 is 1.19 bits per heavy atom. The molecule has 4 heterocycles. The summed E-state index contributed by atoms with van der Waals surface area (Å²) in [4.78, 5) is 18.4. The van der Waals surface area contributed by atoms with Crippen molar-refractivity contribution in [1.82, 2.24) is 19.9 Å². The van der Waals surface area contributed by atoms with Gasteiger partial charge in [-0.05, 0) is 86.3 Å². The summed E-state index contributed by atoms with van der Waals surface area (Å²) in [5, 5.41) is 24.3. The summed E-state index contributed by atoms with van der Waals surface area (Å²) in [6.07, 6.45) is 1.79. The maximum absolute atomic E-state index is 13.2. The number of rotatable bonds is 6. The Morgan fingerprint density at radius 1 is 0.723 bits per heavy atom. The lowest BCUT2D eigenvalue weighted by Crippen LogP contribution is -2.34. The zero-order chi connectivity index (χ0) is 34.5. The molecule has 2 aromatic carbocycles. The number of anilines is 1. The van der Waals surface area contributed by atoms with Gasteiger partial charge in [0.25, 0.3) is 0 Å². The van der Waals surface area contributed by atoms with E-state index in [0.717, 1.165) is 56.7 Å². The maximum Gasteiger partial charge on any atom is 0.224 e. The lowest BCUT2D eigenvalue weighted by molar-refractivity contribution is 0.0516. The van der Waals surface area contributed by atoms with Crippen LogP contribution in [0.25, 0.3) is 0 Å². The normalized spacial score (nSPS) is 15.0. The Balaban J connectivity index is 0.000000176. The fourth-order valence-corrected chi connectivity index (χ4v) is 7.48. The minimum atomic E-state index is -1.08. The highest BCUT2D eigenvalue weighted by molar-refractivity contribution is 8.00. The first-order valence-corrected chi connectivity index (χ1v) is 17.6. The van der Waals surface area contributed by atoms with E-state index in [1.165, 1.54) is 24.3 Å². The van der Waals surface area contributed by atoms with Crippen LogP contribution in [0.5, 0.6) is 0 Å². The Labute approximate surface area is 296 Å². The van der Waals surface area contributed by atoms with Gasteiger partial charge < -0.3 is 21.3 Å². The van der Waals surface area contributed by atoms with Gasteiger partial charge in [-0.1, -0.05) is 35.9 Å². The van der Waals surface area contributed by atoms with Gasteiger partial charge in [-0.2, -0.15) is 4.98 Å². The molecule has 0 saturated carbocycles. The first-order chi connectivity index (χ1) is 22.0. The Morgan fingerprint density at radius 3 is 1.70 bits per heavy atom. The number of aryl methyl sites for hydroxylation is 2. The number of nitrogens with one attached hydrogen (secondary N) is 1. The van der Waals surface area contributed by atoms with Gasteiger partial charge in [0.15, 0.2) is 0 Å². The summed E-state index contributed by atoms with van der Waals surface area (Å²) in [5.41, 5.74) is 7.09. The van der Waals surface area contributed by atoms with Crippen LogP contribution < -0.4 is 11.1 Å². The standard InChI is InChI=1S/C16H17ClFN3OS.C10H14FNO.C6H4Cl2N2S/c1-16(2,22)13(9-3-5-10(18)6-4-9)20-14-12-11(7-8-23-12)19-15(17)21-14;1-10(2,13)9(12)7-3-5-8(11)6-4-7;7-5-4-3(1-2-11-4)9-6(8)10-5/h3-6,13,22H,7-8H2,1-2H3,(H,19,20,21);3-6,9,13H,12H2,1-2H3;1-2H2/t13-;9-;/m11./s1. The van der Waals surface area contributed by atoms with Crippen LogP contribution in [0.1, 0.15) is 62.3 Å². The molecule has 6 rings (SSSR count).